The summed E-state index contributed by atoms with van der Waals surface area (Å²) in [4.78, 5) is 3.31. The minimum absolute atomic E-state index is 1.19. The Labute approximate surface area is 150 Å². The van der Waals surface area contributed by atoms with Crippen LogP contribution in [0.4, 0.5) is 0 Å². The third-order valence-electron chi connectivity index (χ3n) is 4.90. The third kappa shape index (κ3) is 11.5. The second-order valence-corrected chi connectivity index (χ2v) is 7.21. The molecule has 24 heavy (non-hydrogen) atoms. The number of nitrogens with one attached hydrogen (secondary N) is 1. The normalized spacial score (nSPS) is 11.6. The lowest BCUT2D eigenvalue weighted by atomic mass is 10.1. The van der Waals surface area contributed by atoms with E-state index in [9.17, 15) is 0 Å². The van der Waals surface area contributed by atoms with Gasteiger partial charge in [0.05, 0.1) is 7.05 Å². The number of aromatic amines is 1. The number of unbranched alkanes of at least 4 members (excludes halogenated alkanes) is 12. The maximum absolute atomic E-state index is 3.31. The SMILES string of the molecule is CCCCCCCC/C=C\CCCCCCCCc1[nH]cc[n+]1C. The van der Waals surface area contributed by atoms with E-state index < -0.39 is 0 Å². The van der Waals surface area contributed by atoms with Crippen LogP contribution < -0.4 is 4.57 Å². The summed E-state index contributed by atoms with van der Waals surface area (Å²) in [7, 11) is 2.12. The summed E-state index contributed by atoms with van der Waals surface area (Å²) in [6.45, 7) is 2.28. The van der Waals surface area contributed by atoms with Gasteiger partial charge in [-0.15, -0.1) is 0 Å². The molecule has 1 aromatic rings. The van der Waals surface area contributed by atoms with Crippen molar-refractivity contribution in [1.29, 1.82) is 0 Å². The Hall–Kier alpha value is -1.05. The molecule has 0 unspecified atom stereocenters. The van der Waals surface area contributed by atoms with Gasteiger partial charge in [-0.05, 0) is 32.1 Å². The summed E-state index contributed by atoms with van der Waals surface area (Å²) in [5, 5.41) is 0. The second-order valence-electron chi connectivity index (χ2n) is 7.21. The Bertz CT molecular complexity index is 406. The zero-order valence-electron chi connectivity index (χ0n) is 16.4. The van der Waals surface area contributed by atoms with Crippen molar-refractivity contribution in [3.05, 3.63) is 30.4 Å². The number of imidazole rings is 1. The minimum atomic E-state index is 1.19. The van der Waals surface area contributed by atoms with E-state index in [1.54, 1.807) is 0 Å². The van der Waals surface area contributed by atoms with Gasteiger partial charge in [0.2, 0.25) is 0 Å². The molecule has 0 aromatic carbocycles. The smallest absolute Gasteiger partial charge is 0.248 e. The predicted octanol–water partition coefficient (Wildman–Crippen LogP) is 6.42. The third-order valence-corrected chi connectivity index (χ3v) is 4.90. The average Bonchev–Trinajstić information content (AvgIpc) is 2.99. The number of rotatable bonds is 16. The fourth-order valence-corrected chi connectivity index (χ4v) is 3.23. The quantitative estimate of drug-likeness (QED) is 0.205. The number of allylic oxidation sites excluding steroid dienone is 2. The van der Waals surface area contributed by atoms with Crippen LogP contribution >= 0.6 is 0 Å². The van der Waals surface area contributed by atoms with E-state index in [1.165, 1.54) is 102 Å². The van der Waals surface area contributed by atoms with Crippen LogP contribution in [0.2, 0.25) is 0 Å². The highest BCUT2D eigenvalue weighted by molar-refractivity contribution is 4.81. The molecule has 1 N–H and O–H groups in total. The summed E-state index contributed by atoms with van der Waals surface area (Å²) >= 11 is 0. The zero-order chi connectivity index (χ0) is 17.3. The van der Waals surface area contributed by atoms with Crippen molar-refractivity contribution in [3.8, 4) is 0 Å². The van der Waals surface area contributed by atoms with Crippen molar-refractivity contribution in [3.63, 3.8) is 0 Å². The van der Waals surface area contributed by atoms with Gasteiger partial charge in [0, 0.05) is 6.42 Å². The first-order valence-corrected chi connectivity index (χ1v) is 10.5. The van der Waals surface area contributed by atoms with E-state index in [1.807, 2.05) is 6.20 Å². The average molecular weight is 334 g/mol. The van der Waals surface area contributed by atoms with Crippen molar-refractivity contribution < 1.29 is 4.57 Å². The van der Waals surface area contributed by atoms with Crippen LogP contribution in [0.15, 0.2) is 24.5 Å². The number of aryl methyl sites for hydroxylation is 2. The Balaban J connectivity index is 1.77. The largest absolute Gasteiger partial charge is 0.253 e. The van der Waals surface area contributed by atoms with Crippen molar-refractivity contribution >= 4 is 0 Å². The van der Waals surface area contributed by atoms with Gasteiger partial charge in [-0.1, -0.05) is 76.9 Å². The molecule has 0 spiro atoms. The Kier molecular flexibility index (Phi) is 13.5. The topological polar surface area (TPSA) is 19.7 Å². The van der Waals surface area contributed by atoms with E-state index in [2.05, 4.69) is 41.9 Å². The van der Waals surface area contributed by atoms with Gasteiger partial charge >= 0.3 is 0 Å². The molecule has 0 saturated heterocycles. The Morgan fingerprint density at radius 2 is 1.33 bits per heavy atom. The number of H-pyrrole nitrogens is 1. The van der Waals surface area contributed by atoms with Crippen molar-refractivity contribution in [2.45, 2.75) is 103 Å². The highest BCUT2D eigenvalue weighted by atomic mass is 15.0. The molecular formula is C22H41N2+. The van der Waals surface area contributed by atoms with Gasteiger partial charge in [-0.2, -0.15) is 0 Å². The number of hydrogen-bond acceptors (Lipinski definition) is 0. The molecule has 0 bridgehead atoms. The van der Waals surface area contributed by atoms with Crippen LogP contribution in [0.5, 0.6) is 0 Å². The first-order valence-electron chi connectivity index (χ1n) is 10.5. The molecule has 0 amide bonds. The summed E-state index contributed by atoms with van der Waals surface area (Å²) in [5.41, 5.74) is 0. The summed E-state index contributed by atoms with van der Waals surface area (Å²) in [6.07, 6.45) is 29.4. The molecule has 1 heterocycles. The van der Waals surface area contributed by atoms with Crippen molar-refractivity contribution in [2.24, 2.45) is 7.05 Å². The van der Waals surface area contributed by atoms with Gasteiger partial charge in [-0.25, -0.2) is 9.55 Å². The summed E-state index contributed by atoms with van der Waals surface area (Å²) in [6, 6.07) is 0. The molecule has 0 saturated carbocycles. The lowest BCUT2D eigenvalue weighted by molar-refractivity contribution is -0.677. The predicted molar refractivity (Wildman–Crippen MR) is 105 cm³/mol. The van der Waals surface area contributed by atoms with Crippen LogP contribution in [0.25, 0.3) is 0 Å². The fraction of sp³-hybridized carbons (Fsp3) is 0.773. The summed E-state index contributed by atoms with van der Waals surface area (Å²) < 4.78 is 2.19. The lowest BCUT2D eigenvalue weighted by Crippen LogP contribution is -2.30. The van der Waals surface area contributed by atoms with Gasteiger partial charge < -0.3 is 0 Å². The van der Waals surface area contributed by atoms with Crippen LogP contribution in [-0.4, -0.2) is 4.98 Å². The standard InChI is InChI=1S/C22H40N2/c1-3-4-5-6-7-8-9-10-11-12-13-14-15-16-17-18-19-22-23-20-21-24(22)2/h10-11,20-21H,3-9,12-19H2,1-2H3/p+1/b11-10-. The lowest BCUT2D eigenvalue weighted by Gasteiger charge is -2.00. The van der Waals surface area contributed by atoms with E-state index >= 15 is 0 Å². The Morgan fingerprint density at radius 1 is 0.792 bits per heavy atom. The maximum atomic E-state index is 3.31. The van der Waals surface area contributed by atoms with E-state index in [-0.39, 0.29) is 0 Å². The molecule has 2 heteroatoms. The molecular weight excluding hydrogens is 292 g/mol. The first kappa shape index (κ1) is 21.0. The Morgan fingerprint density at radius 3 is 1.88 bits per heavy atom. The molecule has 0 radical (unpaired) electrons. The van der Waals surface area contributed by atoms with Gasteiger partial charge in [0.15, 0.2) is 0 Å². The van der Waals surface area contributed by atoms with Crippen molar-refractivity contribution in [2.75, 3.05) is 0 Å². The zero-order valence-corrected chi connectivity index (χ0v) is 16.4. The maximum Gasteiger partial charge on any atom is 0.253 e. The van der Waals surface area contributed by atoms with Gasteiger partial charge in [0.25, 0.3) is 5.82 Å². The number of nitrogens with zero attached hydrogens (tertiary/aromatic N) is 1. The van der Waals surface area contributed by atoms with Crippen LogP contribution in [0.1, 0.15) is 103 Å². The second kappa shape index (κ2) is 15.5. The van der Waals surface area contributed by atoms with Crippen LogP contribution in [-0.2, 0) is 13.5 Å². The number of aromatic nitrogens is 2. The molecule has 0 aliphatic carbocycles. The molecule has 1 rings (SSSR count). The first-order chi connectivity index (χ1) is 11.8. The molecule has 138 valence electrons. The van der Waals surface area contributed by atoms with Gasteiger partial charge in [-0.3, -0.25) is 0 Å². The van der Waals surface area contributed by atoms with Crippen LogP contribution in [0.3, 0.4) is 0 Å². The highest BCUT2D eigenvalue weighted by Crippen LogP contribution is 2.10. The number of hydrogen-bond donors (Lipinski definition) is 1. The molecule has 2 nitrogen and oxygen atoms in total. The molecule has 0 aliphatic rings. The monoisotopic (exact) mass is 333 g/mol. The van der Waals surface area contributed by atoms with E-state index in [4.69, 9.17) is 0 Å². The summed E-state index contributed by atoms with van der Waals surface area (Å²) in [5.74, 6) is 1.35. The van der Waals surface area contributed by atoms with Crippen LogP contribution in [0, 0.1) is 0 Å². The molecule has 1 aromatic heterocycles. The minimum Gasteiger partial charge on any atom is -0.248 e. The fourth-order valence-electron chi connectivity index (χ4n) is 3.23. The van der Waals surface area contributed by atoms with Crippen molar-refractivity contribution in [1.82, 2.24) is 4.98 Å². The highest BCUT2D eigenvalue weighted by Gasteiger charge is 2.04. The molecule has 0 fully saturated rings. The van der Waals surface area contributed by atoms with E-state index in [0.717, 1.165) is 0 Å². The molecule has 0 aliphatic heterocycles. The molecule has 0 atom stereocenters. The van der Waals surface area contributed by atoms with Gasteiger partial charge in [0.1, 0.15) is 12.4 Å². The van der Waals surface area contributed by atoms with E-state index in [0.29, 0.717) is 0 Å².